The lowest BCUT2D eigenvalue weighted by molar-refractivity contribution is 0.114. The predicted octanol–water partition coefficient (Wildman–Crippen LogP) is 3.77. The maximum atomic E-state index is 12.1. The van der Waals surface area contributed by atoms with Crippen LogP contribution in [0.5, 0.6) is 0 Å². The standard InChI is InChI=1S/C18H18Cl2N2O/c19-15-5-4-12(7-16(15)20)8-21-9-13-6-14(11-21)17-2-1-3-18(23)22(17)10-13/h1-5,7,13-14H,6,8-11H2/t13-,14+/m1/s1. The Hall–Kier alpha value is -1.29. The van der Waals surface area contributed by atoms with E-state index < -0.39 is 0 Å². The fourth-order valence-corrected chi connectivity index (χ4v) is 4.34. The SMILES string of the molecule is O=c1cccc2n1C[C@@H]1C[C@H]2CN(Cc2ccc(Cl)c(Cl)c2)C1. The van der Waals surface area contributed by atoms with Gasteiger partial charge in [-0.3, -0.25) is 9.69 Å². The van der Waals surface area contributed by atoms with Crippen LogP contribution in [-0.2, 0) is 13.1 Å². The smallest absolute Gasteiger partial charge is 0.250 e. The summed E-state index contributed by atoms with van der Waals surface area (Å²) >= 11 is 12.1. The third-order valence-electron chi connectivity index (χ3n) is 4.95. The molecule has 0 amide bonds. The molecule has 2 aromatic rings. The number of nitrogens with zero attached hydrogens (tertiary/aromatic N) is 2. The Balaban J connectivity index is 1.56. The van der Waals surface area contributed by atoms with E-state index in [1.54, 1.807) is 6.07 Å². The number of aromatic nitrogens is 1. The molecule has 2 bridgehead atoms. The summed E-state index contributed by atoms with van der Waals surface area (Å²) in [5.74, 6) is 0.989. The molecule has 0 spiro atoms. The maximum absolute atomic E-state index is 12.1. The molecule has 0 unspecified atom stereocenters. The number of likely N-dealkylation sites (tertiary alicyclic amines) is 1. The van der Waals surface area contributed by atoms with Crippen LogP contribution in [0.25, 0.3) is 0 Å². The van der Waals surface area contributed by atoms with Crippen molar-refractivity contribution in [2.75, 3.05) is 13.1 Å². The number of pyridine rings is 1. The van der Waals surface area contributed by atoms with Gasteiger partial charge in [0.2, 0.25) is 0 Å². The first-order valence-electron chi connectivity index (χ1n) is 7.96. The normalized spacial score (nSPS) is 23.6. The zero-order valence-electron chi connectivity index (χ0n) is 12.7. The molecule has 23 heavy (non-hydrogen) atoms. The Bertz CT molecular complexity index is 802. The topological polar surface area (TPSA) is 25.2 Å². The lowest BCUT2D eigenvalue weighted by Gasteiger charge is -2.42. The molecule has 3 nitrogen and oxygen atoms in total. The van der Waals surface area contributed by atoms with Gasteiger partial charge in [0, 0.05) is 43.9 Å². The maximum Gasteiger partial charge on any atom is 0.250 e. The largest absolute Gasteiger partial charge is 0.312 e. The Labute approximate surface area is 145 Å². The van der Waals surface area contributed by atoms with Gasteiger partial charge in [0.1, 0.15) is 0 Å². The van der Waals surface area contributed by atoms with E-state index in [0.717, 1.165) is 26.2 Å². The van der Waals surface area contributed by atoms with Gasteiger partial charge in [-0.2, -0.15) is 0 Å². The number of halogens is 2. The molecule has 2 atom stereocenters. The minimum Gasteiger partial charge on any atom is -0.312 e. The molecule has 1 aromatic heterocycles. The molecule has 0 aliphatic carbocycles. The molecule has 3 heterocycles. The first-order chi connectivity index (χ1) is 11.1. The molecule has 1 aromatic carbocycles. The lowest BCUT2D eigenvalue weighted by Crippen LogP contribution is -2.46. The minimum absolute atomic E-state index is 0.134. The highest BCUT2D eigenvalue weighted by Gasteiger charge is 2.34. The monoisotopic (exact) mass is 348 g/mol. The molecular formula is C18H18Cl2N2O. The Morgan fingerprint density at radius 2 is 1.91 bits per heavy atom. The zero-order valence-corrected chi connectivity index (χ0v) is 14.2. The molecule has 120 valence electrons. The van der Waals surface area contributed by atoms with Gasteiger partial charge < -0.3 is 4.57 Å². The van der Waals surface area contributed by atoms with Crippen molar-refractivity contribution < 1.29 is 0 Å². The fraction of sp³-hybridized carbons (Fsp3) is 0.389. The van der Waals surface area contributed by atoms with Crippen molar-refractivity contribution in [3.63, 3.8) is 0 Å². The number of hydrogen-bond acceptors (Lipinski definition) is 2. The van der Waals surface area contributed by atoms with Gasteiger partial charge in [-0.25, -0.2) is 0 Å². The average Bonchev–Trinajstić information content (AvgIpc) is 2.52. The number of benzene rings is 1. The molecule has 5 heteroatoms. The highest BCUT2D eigenvalue weighted by Crippen LogP contribution is 2.35. The first-order valence-corrected chi connectivity index (χ1v) is 8.72. The van der Waals surface area contributed by atoms with Crippen molar-refractivity contribution >= 4 is 23.2 Å². The van der Waals surface area contributed by atoms with E-state index in [4.69, 9.17) is 23.2 Å². The molecule has 2 aliphatic rings. The fourth-order valence-electron chi connectivity index (χ4n) is 4.02. The second-order valence-corrected chi connectivity index (χ2v) is 7.46. The summed E-state index contributed by atoms with van der Waals surface area (Å²) in [5.41, 5.74) is 2.51. The van der Waals surface area contributed by atoms with E-state index >= 15 is 0 Å². The van der Waals surface area contributed by atoms with Gasteiger partial charge in [-0.05, 0) is 36.1 Å². The van der Waals surface area contributed by atoms with Crippen LogP contribution in [0.1, 0.15) is 23.6 Å². The van der Waals surface area contributed by atoms with Gasteiger partial charge in [-0.1, -0.05) is 35.3 Å². The van der Waals surface area contributed by atoms with E-state index in [-0.39, 0.29) is 5.56 Å². The molecule has 0 saturated carbocycles. The van der Waals surface area contributed by atoms with Crippen molar-refractivity contribution in [3.05, 3.63) is 68.1 Å². The third-order valence-corrected chi connectivity index (χ3v) is 5.68. The molecule has 1 fully saturated rings. The highest BCUT2D eigenvalue weighted by atomic mass is 35.5. The molecule has 0 radical (unpaired) electrons. The zero-order chi connectivity index (χ0) is 16.0. The van der Waals surface area contributed by atoms with Gasteiger partial charge in [0.25, 0.3) is 5.56 Å². The number of fused-ring (bicyclic) bond motifs is 4. The summed E-state index contributed by atoms with van der Waals surface area (Å²) in [4.78, 5) is 14.5. The van der Waals surface area contributed by atoms with Crippen LogP contribution in [0.4, 0.5) is 0 Å². The second-order valence-electron chi connectivity index (χ2n) is 6.64. The Morgan fingerprint density at radius 3 is 2.74 bits per heavy atom. The quantitative estimate of drug-likeness (QED) is 0.825. The summed E-state index contributed by atoms with van der Waals surface area (Å²) in [6.45, 7) is 3.72. The molecule has 0 N–H and O–H groups in total. The summed E-state index contributed by atoms with van der Waals surface area (Å²) in [7, 11) is 0. The van der Waals surface area contributed by atoms with Crippen molar-refractivity contribution in [3.8, 4) is 0 Å². The van der Waals surface area contributed by atoms with Crippen LogP contribution in [0.3, 0.4) is 0 Å². The van der Waals surface area contributed by atoms with Crippen LogP contribution in [0.2, 0.25) is 10.0 Å². The van der Waals surface area contributed by atoms with Crippen molar-refractivity contribution in [2.45, 2.75) is 25.4 Å². The van der Waals surface area contributed by atoms with E-state index in [2.05, 4.69) is 11.0 Å². The van der Waals surface area contributed by atoms with Gasteiger partial charge in [-0.15, -0.1) is 0 Å². The summed E-state index contributed by atoms with van der Waals surface area (Å²) in [6, 6.07) is 11.5. The lowest BCUT2D eigenvalue weighted by atomic mass is 9.83. The number of piperidine rings is 1. The summed E-state index contributed by atoms with van der Waals surface area (Å²) in [5, 5.41) is 1.21. The Morgan fingerprint density at radius 1 is 1.04 bits per heavy atom. The van der Waals surface area contributed by atoms with Crippen LogP contribution < -0.4 is 5.56 Å². The highest BCUT2D eigenvalue weighted by molar-refractivity contribution is 6.42. The number of rotatable bonds is 2. The third kappa shape index (κ3) is 2.93. The van der Waals surface area contributed by atoms with Crippen LogP contribution in [0, 0.1) is 5.92 Å². The second kappa shape index (κ2) is 5.97. The summed E-state index contributed by atoms with van der Waals surface area (Å²) in [6.07, 6.45) is 1.18. The van der Waals surface area contributed by atoms with Gasteiger partial charge >= 0.3 is 0 Å². The molecule has 1 saturated heterocycles. The first kappa shape index (κ1) is 15.3. The van der Waals surface area contributed by atoms with Crippen molar-refractivity contribution in [1.82, 2.24) is 9.47 Å². The summed E-state index contributed by atoms with van der Waals surface area (Å²) < 4.78 is 1.97. The van der Waals surface area contributed by atoms with Gasteiger partial charge in [0.05, 0.1) is 10.0 Å². The number of hydrogen-bond donors (Lipinski definition) is 0. The van der Waals surface area contributed by atoms with E-state index in [0.29, 0.717) is 21.9 Å². The van der Waals surface area contributed by atoms with E-state index in [9.17, 15) is 4.79 Å². The average molecular weight is 349 g/mol. The van der Waals surface area contributed by atoms with E-state index in [1.165, 1.54) is 17.7 Å². The van der Waals surface area contributed by atoms with Crippen molar-refractivity contribution in [1.29, 1.82) is 0 Å². The van der Waals surface area contributed by atoms with Crippen LogP contribution >= 0.6 is 23.2 Å². The Kier molecular flexibility index (Phi) is 3.96. The molecule has 4 rings (SSSR count). The molecule has 2 aliphatic heterocycles. The van der Waals surface area contributed by atoms with Crippen LogP contribution in [0.15, 0.2) is 41.2 Å². The van der Waals surface area contributed by atoms with Crippen LogP contribution in [-0.4, -0.2) is 22.6 Å². The molecular weight excluding hydrogens is 331 g/mol. The minimum atomic E-state index is 0.134. The van der Waals surface area contributed by atoms with E-state index in [1.807, 2.05) is 28.8 Å². The van der Waals surface area contributed by atoms with Crippen molar-refractivity contribution in [2.24, 2.45) is 5.92 Å². The predicted molar refractivity (Wildman–Crippen MR) is 93.3 cm³/mol. The van der Waals surface area contributed by atoms with Gasteiger partial charge in [0.15, 0.2) is 0 Å².